The first-order chi connectivity index (χ1) is 9.69. The summed E-state index contributed by atoms with van der Waals surface area (Å²) in [5.74, 6) is -2.28. The first kappa shape index (κ1) is 15.8. The Kier molecular flexibility index (Phi) is 4.27. The Morgan fingerprint density at radius 3 is 2.38 bits per heavy atom. The van der Waals surface area contributed by atoms with Crippen molar-refractivity contribution in [2.75, 3.05) is 18.8 Å². The maximum atomic E-state index is 12.3. The number of rotatable bonds is 3. The molecule has 0 saturated carbocycles. The van der Waals surface area contributed by atoms with E-state index in [0.717, 1.165) is 25.0 Å². The number of sulfone groups is 1. The van der Waals surface area contributed by atoms with E-state index in [0.29, 0.717) is 13.1 Å². The van der Waals surface area contributed by atoms with Gasteiger partial charge in [-0.3, -0.25) is 4.79 Å². The van der Waals surface area contributed by atoms with Gasteiger partial charge in [0, 0.05) is 18.7 Å². The van der Waals surface area contributed by atoms with E-state index in [1.165, 1.54) is 12.1 Å². The molecule has 4 nitrogen and oxygen atoms in total. The zero-order valence-electron chi connectivity index (χ0n) is 11.1. The van der Waals surface area contributed by atoms with E-state index in [1.807, 2.05) is 0 Å². The molecule has 1 saturated heterocycles. The minimum atomic E-state index is -4.81. The molecule has 1 heterocycles. The molecule has 1 fully saturated rings. The average Bonchev–Trinajstić information content (AvgIpc) is 2.89. The largest absolute Gasteiger partial charge is 0.403 e. The van der Waals surface area contributed by atoms with Gasteiger partial charge in [0.15, 0.2) is 15.6 Å². The molecule has 0 bridgehead atoms. The molecule has 21 heavy (non-hydrogen) atoms. The molecule has 2 rings (SSSR count). The number of carbonyl (C=O) groups is 1. The van der Waals surface area contributed by atoms with Crippen LogP contribution in [0.4, 0.5) is 13.2 Å². The van der Waals surface area contributed by atoms with Crippen molar-refractivity contribution in [1.82, 2.24) is 4.90 Å². The van der Waals surface area contributed by atoms with Gasteiger partial charge in [0.25, 0.3) is 5.91 Å². The summed E-state index contributed by atoms with van der Waals surface area (Å²) in [4.78, 5) is 13.2. The number of likely N-dealkylation sites (tertiary alicyclic amines) is 1. The van der Waals surface area contributed by atoms with Crippen LogP contribution in [-0.2, 0) is 9.84 Å². The Balaban J connectivity index is 2.27. The van der Waals surface area contributed by atoms with Crippen LogP contribution in [0.5, 0.6) is 0 Å². The van der Waals surface area contributed by atoms with Gasteiger partial charge in [-0.05, 0) is 31.0 Å². The van der Waals surface area contributed by atoms with E-state index in [1.54, 1.807) is 4.90 Å². The summed E-state index contributed by atoms with van der Waals surface area (Å²) in [7, 11) is -4.49. The molecular formula is C13H14F3NO3S. The molecule has 0 aromatic heterocycles. The number of halogens is 3. The average molecular weight is 321 g/mol. The molecule has 0 radical (unpaired) electrons. The zero-order valence-corrected chi connectivity index (χ0v) is 11.9. The highest BCUT2D eigenvalue weighted by molar-refractivity contribution is 7.91. The predicted molar refractivity (Wildman–Crippen MR) is 69.7 cm³/mol. The van der Waals surface area contributed by atoms with Crippen LogP contribution in [0.1, 0.15) is 23.2 Å². The SMILES string of the molecule is O=C(c1cccc(S(=O)(=O)CC(F)(F)F)c1)N1CCCC1. The van der Waals surface area contributed by atoms with E-state index in [2.05, 4.69) is 0 Å². The number of alkyl halides is 3. The van der Waals surface area contributed by atoms with Gasteiger partial charge in [0.1, 0.15) is 0 Å². The van der Waals surface area contributed by atoms with Crippen LogP contribution in [0.15, 0.2) is 29.2 Å². The normalized spacial score (nSPS) is 16.2. The van der Waals surface area contributed by atoms with E-state index in [-0.39, 0.29) is 11.5 Å². The first-order valence-corrected chi connectivity index (χ1v) is 8.03. The van der Waals surface area contributed by atoms with Gasteiger partial charge in [-0.15, -0.1) is 0 Å². The monoisotopic (exact) mass is 321 g/mol. The number of nitrogens with zero attached hydrogens (tertiary/aromatic N) is 1. The molecule has 0 unspecified atom stereocenters. The molecule has 1 aromatic rings. The number of hydrogen-bond acceptors (Lipinski definition) is 3. The van der Waals surface area contributed by atoms with Crippen molar-refractivity contribution < 1.29 is 26.4 Å². The van der Waals surface area contributed by atoms with Crippen LogP contribution in [0.2, 0.25) is 0 Å². The molecular weight excluding hydrogens is 307 g/mol. The van der Waals surface area contributed by atoms with Gasteiger partial charge >= 0.3 is 6.18 Å². The lowest BCUT2D eigenvalue weighted by atomic mass is 10.2. The molecule has 0 spiro atoms. The highest BCUT2D eigenvalue weighted by atomic mass is 32.2. The van der Waals surface area contributed by atoms with Gasteiger partial charge in [-0.1, -0.05) is 6.07 Å². The van der Waals surface area contributed by atoms with Crippen LogP contribution in [0, 0.1) is 0 Å². The maximum Gasteiger partial charge on any atom is 0.403 e. The lowest BCUT2D eigenvalue weighted by Gasteiger charge is -2.16. The third kappa shape index (κ3) is 3.96. The molecule has 1 amide bonds. The van der Waals surface area contributed by atoms with E-state index >= 15 is 0 Å². The quantitative estimate of drug-likeness (QED) is 0.858. The molecule has 0 atom stereocenters. The van der Waals surface area contributed by atoms with Crippen molar-refractivity contribution in [3.8, 4) is 0 Å². The van der Waals surface area contributed by atoms with Gasteiger partial charge in [-0.25, -0.2) is 8.42 Å². The highest BCUT2D eigenvalue weighted by Crippen LogP contribution is 2.23. The smallest absolute Gasteiger partial charge is 0.339 e. The fourth-order valence-corrected chi connectivity index (χ4v) is 3.41. The third-order valence-corrected chi connectivity index (χ3v) is 4.87. The number of amides is 1. The Bertz CT molecular complexity index is 634. The Morgan fingerprint density at radius 2 is 1.81 bits per heavy atom. The lowest BCUT2D eigenvalue weighted by molar-refractivity contribution is -0.106. The molecule has 8 heteroatoms. The van der Waals surface area contributed by atoms with Crippen LogP contribution >= 0.6 is 0 Å². The minimum Gasteiger partial charge on any atom is -0.339 e. The summed E-state index contributed by atoms with van der Waals surface area (Å²) in [5.41, 5.74) is 0.0974. The van der Waals surface area contributed by atoms with Crippen LogP contribution in [-0.4, -0.2) is 44.2 Å². The summed E-state index contributed by atoms with van der Waals surface area (Å²) in [6.07, 6.45) is -3.07. The molecule has 0 N–H and O–H groups in total. The van der Waals surface area contributed by atoms with Crippen molar-refractivity contribution in [1.29, 1.82) is 0 Å². The van der Waals surface area contributed by atoms with Crippen LogP contribution < -0.4 is 0 Å². The molecule has 1 aliphatic heterocycles. The maximum absolute atomic E-state index is 12.3. The summed E-state index contributed by atoms with van der Waals surface area (Å²) in [5, 5.41) is 0. The second-order valence-electron chi connectivity index (χ2n) is 4.90. The second kappa shape index (κ2) is 5.67. The summed E-state index contributed by atoms with van der Waals surface area (Å²) in [6, 6.07) is 4.78. The summed E-state index contributed by atoms with van der Waals surface area (Å²) < 4.78 is 60.3. The topological polar surface area (TPSA) is 54.5 Å². The van der Waals surface area contributed by atoms with Crippen molar-refractivity contribution >= 4 is 15.7 Å². The lowest BCUT2D eigenvalue weighted by Crippen LogP contribution is -2.28. The second-order valence-corrected chi connectivity index (χ2v) is 6.89. The van der Waals surface area contributed by atoms with Crippen molar-refractivity contribution in [2.45, 2.75) is 23.9 Å². The fourth-order valence-electron chi connectivity index (χ4n) is 2.22. The van der Waals surface area contributed by atoms with Gasteiger partial charge < -0.3 is 4.90 Å². The number of benzene rings is 1. The van der Waals surface area contributed by atoms with Crippen LogP contribution in [0.25, 0.3) is 0 Å². The Morgan fingerprint density at radius 1 is 1.19 bits per heavy atom. The van der Waals surface area contributed by atoms with Gasteiger partial charge in [0.05, 0.1) is 4.90 Å². The third-order valence-electron chi connectivity index (χ3n) is 3.19. The van der Waals surface area contributed by atoms with Crippen molar-refractivity contribution in [3.05, 3.63) is 29.8 Å². The van der Waals surface area contributed by atoms with E-state index in [4.69, 9.17) is 0 Å². The molecule has 0 aliphatic carbocycles. The Labute approximate surface area is 120 Å². The van der Waals surface area contributed by atoms with Crippen LogP contribution in [0.3, 0.4) is 0 Å². The zero-order chi connectivity index (χ0) is 15.7. The van der Waals surface area contributed by atoms with Gasteiger partial charge in [-0.2, -0.15) is 13.2 Å². The van der Waals surface area contributed by atoms with E-state index in [9.17, 15) is 26.4 Å². The highest BCUT2D eigenvalue weighted by Gasteiger charge is 2.36. The Hall–Kier alpha value is -1.57. The first-order valence-electron chi connectivity index (χ1n) is 6.38. The van der Waals surface area contributed by atoms with Crippen molar-refractivity contribution in [2.24, 2.45) is 0 Å². The molecule has 1 aliphatic rings. The van der Waals surface area contributed by atoms with Gasteiger partial charge in [0.2, 0.25) is 0 Å². The molecule has 1 aromatic carbocycles. The standard InChI is InChI=1S/C13H14F3NO3S/c14-13(15,16)9-21(19,20)11-5-3-4-10(8-11)12(18)17-6-1-2-7-17/h3-5,8H,1-2,6-7,9H2. The minimum absolute atomic E-state index is 0.0974. The fraction of sp³-hybridized carbons (Fsp3) is 0.462. The molecule has 116 valence electrons. The number of hydrogen-bond donors (Lipinski definition) is 0. The number of carbonyl (C=O) groups excluding carboxylic acids is 1. The van der Waals surface area contributed by atoms with Crippen molar-refractivity contribution in [3.63, 3.8) is 0 Å². The van der Waals surface area contributed by atoms with E-state index < -0.39 is 26.7 Å². The summed E-state index contributed by atoms with van der Waals surface area (Å²) >= 11 is 0. The summed E-state index contributed by atoms with van der Waals surface area (Å²) in [6.45, 7) is 1.16. The predicted octanol–water partition coefficient (Wildman–Crippen LogP) is 2.26.